The summed E-state index contributed by atoms with van der Waals surface area (Å²) in [6.07, 6.45) is 1.95. The first kappa shape index (κ1) is 13.2. The van der Waals surface area contributed by atoms with Crippen molar-refractivity contribution >= 4 is 23.6 Å². The normalized spacial score (nSPS) is 14.9. The van der Waals surface area contributed by atoms with Gasteiger partial charge in [0.05, 0.1) is 0 Å². The topological polar surface area (TPSA) is 54.1 Å². The highest BCUT2D eigenvalue weighted by Crippen LogP contribution is 2.42. The van der Waals surface area contributed by atoms with Crippen molar-refractivity contribution in [1.29, 1.82) is 0 Å². The van der Waals surface area contributed by atoms with Gasteiger partial charge in [-0.2, -0.15) is 0 Å². The highest BCUT2D eigenvalue weighted by Gasteiger charge is 2.28. The van der Waals surface area contributed by atoms with Gasteiger partial charge >= 0.3 is 0 Å². The van der Waals surface area contributed by atoms with E-state index in [1.165, 1.54) is 0 Å². The van der Waals surface area contributed by atoms with E-state index in [1.807, 2.05) is 38.1 Å². The van der Waals surface area contributed by atoms with Crippen molar-refractivity contribution < 1.29 is 14.1 Å². The van der Waals surface area contributed by atoms with Gasteiger partial charge < -0.3 is 4.89 Å². The van der Waals surface area contributed by atoms with Crippen LogP contribution in [0.3, 0.4) is 0 Å². The van der Waals surface area contributed by atoms with Crippen LogP contribution in [0.5, 0.6) is 0 Å². The molecule has 4 nitrogen and oxygen atoms in total. The Bertz CT molecular complexity index is 625. The first-order valence-corrected chi connectivity index (χ1v) is 7.83. The molecule has 0 saturated heterocycles. The fourth-order valence-corrected chi connectivity index (χ4v) is 4.19. The number of nitrogens with zero attached hydrogens (tertiary/aromatic N) is 2. The molecule has 1 N–H and O–H groups in total. The molecule has 0 fully saturated rings. The van der Waals surface area contributed by atoms with E-state index >= 15 is 0 Å². The Balaban J connectivity index is 2.66. The van der Waals surface area contributed by atoms with Gasteiger partial charge in [0.15, 0.2) is 7.05 Å². The Hall–Kier alpha value is -1.25. The molecule has 1 unspecified atom stereocenters. The maximum Gasteiger partial charge on any atom is 0.236 e. The SMILES string of the molecule is CC(C)CP(=O)(O)c1c[n+](C)nc2ccccc12. The average molecular weight is 265 g/mol. The predicted molar refractivity (Wildman–Crippen MR) is 72.1 cm³/mol. The predicted octanol–water partition coefficient (Wildman–Crippen LogP) is 1.61. The summed E-state index contributed by atoms with van der Waals surface area (Å²) in [7, 11) is -1.57. The van der Waals surface area contributed by atoms with Crippen molar-refractivity contribution in [1.82, 2.24) is 5.10 Å². The fraction of sp³-hybridized carbons (Fsp3) is 0.385. The fourth-order valence-electron chi connectivity index (χ4n) is 2.09. The van der Waals surface area contributed by atoms with Crippen LogP contribution in [0.2, 0.25) is 0 Å². The van der Waals surface area contributed by atoms with Crippen LogP contribution in [-0.4, -0.2) is 16.2 Å². The highest BCUT2D eigenvalue weighted by molar-refractivity contribution is 7.66. The quantitative estimate of drug-likeness (QED) is 0.677. The van der Waals surface area contributed by atoms with Gasteiger partial charge in [-0.3, -0.25) is 4.57 Å². The second-order valence-electron chi connectivity index (χ2n) is 4.98. The van der Waals surface area contributed by atoms with E-state index in [0.717, 1.165) is 10.9 Å². The number of rotatable bonds is 3. The largest absolute Gasteiger partial charge is 0.341 e. The molecular formula is C13H18N2O2P+. The lowest BCUT2D eigenvalue weighted by molar-refractivity contribution is -0.727. The zero-order chi connectivity index (χ0) is 13.3. The van der Waals surface area contributed by atoms with Gasteiger partial charge in [0.2, 0.25) is 13.6 Å². The van der Waals surface area contributed by atoms with E-state index in [4.69, 9.17) is 0 Å². The summed E-state index contributed by atoms with van der Waals surface area (Å²) in [5.41, 5.74) is 0.746. The maximum absolute atomic E-state index is 12.5. The third kappa shape index (κ3) is 2.60. The summed E-state index contributed by atoms with van der Waals surface area (Å²) >= 11 is 0. The Labute approximate surface area is 107 Å². The molecule has 1 aromatic heterocycles. The Morgan fingerprint density at radius 2 is 2.06 bits per heavy atom. The molecule has 5 heteroatoms. The molecule has 1 aromatic carbocycles. The summed E-state index contributed by atoms with van der Waals surface area (Å²) in [5.74, 6) is 0.179. The molecule has 18 heavy (non-hydrogen) atoms. The zero-order valence-corrected chi connectivity index (χ0v) is 11.8. The summed E-state index contributed by atoms with van der Waals surface area (Å²) in [6, 6.07) is 7.45. The van der Waals surface area contributed by atoms with Gasteiger partial charge in [0.1, 0.15) is 10.8 Å². The third-order valence-corrected chi connectivity index (χ3v) is 5.08. The second-order valence-corrected chi connectivity index (χ2v) is 7.23. The lowest BCUT2D eigenvalue weighted by Gasteiger charge is -2.14. The Morgan fingerprint density at radius 3 is 2.72 bits per heavy atom. The molecule has 2 aromatic rings. The monoisotopic (exact) mass is 265 g/mol. The standard InChI is InChI=1S/C13H17N2O2P/c1-10(2)9-18(16,17)13-8-15(3)14-12-7-5-4-6-11(12)13/h4-8,10H,9H2,1-3H3/p+1. The molecule has 0 bridgehead atoms. The van der Waals surface area contributed by atoms with Gasteiger partial charge in [-0.25, -0.2) is 0 Å². The molecular weight excluding hydrogens is 247 g/mol. The molecule has 0 aliphatic rings. The third-order valence-electron chi connectivity index (χ3n) is 2.74. The molecule has 96 valence electrons. The van der Waals surface area contributed by atoms with Gasteiger partial charge in [-0.05, 0) is 17.1 Å². The van der Waals surface area contributed by atoms with Crippen LogP contribution in [0.4, 0.5) is 0 Å². The molecule has 0 radical (unpaired) electrons. The highest BCUT2D eigenvalue weighted by atomic mass is 31.2. The zero-order valence-electron chi connectivity index (χ0n) is 10.9. The molecule has 0 aliphatic carbocycles. The van der Waals surface area contributed by atoms with E-state index in [2.05, 4.69) is 5.10 Å². The van der Waals surface area contributed by atoms with Crippen molar-refractivity contribution in [2.45, 2.75) is 13.8 Å². The summed E-state index contributed by atoms with van der Waals surface area (Å²) in [6.45, 7) is 3.90. The maximum atomic E-state index is 12.5. The van der Waals surface area contributed by atoms with E-state index < -0.39 is 7.37 Å². The van der Waals surface area contributed by atoms with Crippen molar-refractivity contribution in [2.24, 2.45) is 13.0 Å². The van der Waals surface area contributed by atoms with Crippen LogP contribution in [0.25, 0.3) is 10.9 Å². The minimum Gasteiger partial charge on any atom is -0.341 e. The lowest BCUT2D eigenvalue weighted by atomic mass is 10.2. The number of benzene rings is 1. The summed E-state index contributed by atoms with van der Waals surface area (Å²) in [5, 5.41) is 5.58. The number of hydrogen-bond acceptors (Lipinski definition) is 2. The summed E-state index contributed by atoms with van der Waals surface area (Å²) < 4.78 is 14.1. The van der Waals surface area contributed by atoms with Gasteiger partial charge in [-0.15, -0.1) is 0 Å². The molecule has 2 rings (SSSR count). The first-order valence-electron chi connectivity index (χ1n) is 5.98. The van der Waals surface area contributed by atoms with Crippen LogP contribution in [0.15, 0.2) is 30.5 Å². The first-order chi connectivity index (χ1) is 8.40. The minimum absolute atomic E-state index is 0.179. The number of hydrogen-bond donors (Lipinski definition) is 1. The van der Waals surface area contributed by atoms with Crippen LogP contribution in [0, 0.1) is 5.92 Å². The number of fused-ring (bicyclic) bond motifs is 1. The molecule has 1 atom stereocenters. The smallest absolute Gasteiger partial charge is 0.236 e. The van der Waals surface area contributed by atoms with E-state index in [1.54, 1.807) is 17.9 Å². The van der Waals surface area contributed by atoms with Crippen LogP contribution in [-0.2, 0) is 11.6 Å². The van der Waals surface area contributed by atoms with Gasteiger partial charge in [0, 0.05) is 11.5 Å². The molecule has 0 saturated carbocycles. The second kappa shape index (κ2) is 4.79. The van der Waals surface area contributed by atoms with E-state index in [-0.39, 0.29) is 5.92 Å². The van der Waals surface area contributed by atoms with E-state index in [9.17, 15) is 9.46 Å². The summed E-state index contributed by atoms with van der Waals surface area (Å²) in [4.78, 5) is 10.3. The van der Waals surface area contributed by atoms with Crippen molar-refractivity contribution in [3.63, 3.8) is 0 Å². The lowest BCUT2D eigenvalue weighted by Crippen LogP contribution is -2.37. The van der Waals surface area contributed by atoms with Gasteiger partial charge in [-0.1, -0.05) is 36.7 Å². The minimum atomic E-state index is -3.33. The van der Waals surface area contributed by atoms with Crippen molar-refractivity contribution in [3.05, 3.63) is 30.5 Å². The van der Waals surface area contributed by atoms with Crippen molar-refractivity contribution in [3.8, 4) is 0 Å². The molecule has 0 spiro atoms. The number of aryl methyl sites for hydroxylation is 1. The van der Waals surface area contributed by atoms with Crippen LogP contribution >= 0.6 is 7.37 Å². The van der Waals surface area contributed by atoms with E-state index in [0.29, 0.717) is 11.5 Å². The Kier molecular flexibility index (Phi) is 3.51. The average Bonchev–Trinajstić information content (AvgIpc) is 2.26. The molecule has 0 aliphatic heterocycles. The molecule has 0 amide bonds. The van der Waals surface area contributed by atoms with Crippen LogP contribution in [0.1, 0.15) is 13.8 Å². The van der Waals surface area contributed by atoms with Crippen LogP contribution < -0.4 is 9.99 Å². The Morgan fingerprint density at radius 1 is 1.39 bits per heavy atom. The van der Waals surface area contributed by atoms with Crippen molar-refractivity contribution in [2.75, 3.05) is 6.16 Å². The molecule has 1 heterocycles. The number of aromatic nitrogens is 2. The van der Waals surface area contributed by atoms with Gasteiger partial charge in [0.25, 0.3) is 0 Å².